The van der Waals surface area contributed by atoms with Gasteiger partial charge in [0, 0.05) is 36.1 Å². The minimum atomic E-state index is -3.73. The number of sulfonamides is 1. The van der Waals surface area contributed by atoms with Crippen LogP contribution in [0.1, 0.15) is 30.9 Å². The van der Waals surface area contributed by atoms with Gasteiger partial charge in [-0.2, -0.15) is 0 Å². The average Bonchev–Trinajstić information content (AvgIpc) is 2.75. The molecule has 3 rings (SSSR count). The van der Waals surface area contributed by atoms with E-state index in [1.54, 1.807) is 0 Å². The fourth-order valence-electron chi connectivity index (χ4n) is 3.59. The van der Waals surface area contributed by atoms with Gasteiger partial charge < -0.3 is 10.1 Å². The van der Waals surface area contributed by atoms with Gasteiger partial charge in [0.15, 0.2) is 0 Å². The van der Waals surface area contributed by atoms with Gasteiger partial charge in [-0.25, -0.2) is 17.1 Å². The minimum absolute atomic E-state index is 0.0293. The Bertz CT molecular complexity index is 1000. The predicted molar refractivity (Wildman–Crippen MR) is 118 cm³/mol. The second kappa shape index (κ2) is 10.4. The predicted octanol–water partition coefficient (Wildman–Crippen LogP) is 3.74. The van der Waals surface area contributed by atoms with Crippen LogP contribution < -0.4 is 10.1 Å². The number of hydrogen-bond acceptors (Lipinski definition) is 4. The lowest BCUT2D eigenvalue weighted by Crippen LogP contribution is -2.43. The van der Waals surface area contributed by atoms with Crippen molar-refractivity contribution in [2.24, 2.45) is 5.92 Å². The van der Waals surface area contributed by atoms with Crippen LogP contribution in [0.25, 0.3) is 0 Å². The van der Waals surface area contributed by atoms with Crippen LogP contribution in [0.3, 0.4) is 0 Å². The Labute approximate surface area is 187 Å². The normalized spacial score (nSPS) is 15.6. The average molecular weight is 469 g/mol. The SMILES string of the molecule is CCOc1cccc(CNC(=O)C2CCN(S(=O)(=O)Cc3c(F)cccc3Cl)CC2)c1. The lowest BCUT2D eigenvalue weighted by molar-refractivity contribution is -0.126. The van der Waals surface area contributed by atoms with Crippen molar-refractivity contribution in [1.82, 2.24) is 9.62 Å². The standard InChI is InChI=1S/C22H26ClFN2O4S/c1-2-30-18-6-3-5-16(13-18)14-25-22(27)17-9-11-26(12-10-17)31(28,29)15-19-20(23)7-4-8-21(19)24/h3-8,13,17H,2,9-12,14-15H2,1H3,(H,25,27). The molecule has 0 radical (unpaired) electrons. The zero-order valence-corrected chi connectivity index (χ0v) is 18.9. The number of ether oxygens (including phenoxy) is 1. The van der Waals surface area contributed by atoms with Crippen LogP contribution in [0.5, 0.6) is 5.75 Å². The molecule has 0 aliphatic carbocycles. The van der Waals surface area contributed by atoms with Crippen molar-refractivity contribution in [3.05, 3.63) is 64.4 Å². The molecular formula is C22H26ClFN2O4S. The molecule has 0 saturated carbocycles. The second-order valence-corrected chi connectivity index (χ2v) is 9.80. The Hall–Kier alpha value is -2.16. The minimum Gasteiger partial charge on any atom is -0.494 e. The fourth-order valence-corrected chi connectivity index (χ4v) is 5.50. The first-order valence-electron chi connectivity index (χ1n) is 10.2. The van der Waals surface area contributed by atoms with Gasteiger partial charge in [-0.3, -0.25) is 4.79 Å². The van der Waals surface area contributed by atoms with E-state index >= 15 is 0 Å². The smallest absolute Gasteiger partial charge is 0.223 e. The highest BCUT2D eigenvalue weighted by Gasteiger charge is 2.32. The molecule has 1 saturated heterocycles. The fraction of sp³-hybridized carbons (Fsp3) is 0.409. The van der Waals surface area contributed by atoms with Gasteiger partial charge in [-0.1, -0.05) is 29.8 Å². The molecule has 0 unspecified atom stereocenters. The van der Waals surface area contributed by atoms with E-state index in [0.717, 1.165) is 11.3 Å². The van der Waals surface area contributed by atoms with Crippen LogP contribution in [0, 0.1) is 11.7 Å². The summed E-state index contributed by atoms with van der Waals surface area (Å²) in [5.41, 5.74) is 0.902. The number of nitrogens with zero attached hydrogens (tertiary/aromatic N) is 1. The first kappa shape index (κ1) is 23.5. The van der Waals surface area contributed by atoms with Crippen LogP contribution in [-0.4, -0.2) is 38.3 Å². The summed E-state index contributed by atoms with van der Waals surface area (Å²) in [6.45, 7) is 3.29. The van der Waals surface area contributed by atoms with Crippen LogP contribution >= 0.6 is 11.6 Å². The summed E-state index contributed by atoms with van der Waals surface area (Å²) >= 11 is 5.97. The first-order chi connectivity index (χ1) is 14.8. The number of nitrogens with one attached hydrogen (secondary N) is 1. The largest absolute Gasteiger partial charge is 0.494 e. The zero-order chi connectivity index (χ0) is 22.4. The van der Waals surface area contributed by atoms with Gasteiger partial charge in [0.1, 0.15) is 11.6 Å². The summed E-state index contributed by atoms with van der Waals surface area (Å²) in [4.78, 5) is 12.5. The number of carbonyl (C=O) groups is 1. The second-order valence-electron chi connectivity index (χ2n) is 7.43. The molecule has 6 nitrogen and oxygen atoms in total. The molecule has 1 amide bonds. The quantitative estimate of drug-likeness (QED) is 0.640. The van der Waals surface area contributed by atoms with E-state index in [9.17, 15) is 17.6 Å². The van der Waals surface area contributed by atoms with Gasteiger partial charge in [0.05, 0.1) is 12.4 Å². The number of hydrogen-bond donors (Lipinski definition) is 1. The molecule has 168 valence electrons. The Morgan fingerprint density at radius 3 is 2.61 bits per heavy atom. The van der Waals surface area contributed by atoms with E-state index in [1.165, 1.54) is 22.5 Å². The van der Waals surface area contributed by atoms with Gasteiger partial charge in [-0.15, -0.1) is 0 Å². The third kappa shape index (κ3) is 6.18. The molecule has 1 aliphatic heterocycles. The molecule has 2 aromatic rings. The van der Waals surface area contributed by atoms with Crippen LogP contribution in [-0.2, 0) is 27.1 Å². The van der Waals surface area contributed by atoms with Crippen molar-refractivity contribution in [2.75, 3.05) is 19.7 Å². The highest BCUT2D eigenvalue weighted by molar-refractivity contribution is 7.88. The summed E-state index contributed by atoms with van der Waals surface area (Å²) in [6, 6.07) is 11.6. The third-order valence-corrected chi connectivity index (χ3v) is 7.44. The molecule has 0 bridgehead atoms. The highest BCUT2D eigenvalue weighted by atomic mass is 35.5. The maximum absolute atomic E-state index is 14.0. The summed E-state index contributed by atoms with van der Waals surface area (Å²) in [5.74, 6) is -0.748. The van der Waals surface area contributed by atoms with Crippen molar-refractivity contribution in [3.8, 4) is 5.75 Å². The van der Waals surface area contributed by atoms with E-state index in [4.69, 9.17) is 16.3 Å². The van der Waals surface area contributed by atoms with Crippen molar-refractivity contribution >= 4 is 27.5 Å². The Morgan fingerprint density at radius 1 is 1.23 bits per heavy atom. The Kier molecular flexibility index (Phi) is 7.91. The monoisotopic (exact) mass is 468 g/mol. The zero-order valence-electron chi connectivity index (χ0n) is 17.3. The first-order valence-corrected chi connectivity index (χ1v) is 12.2. The molecule has 2 aromatic carbocycles. The summed E-state index contributed by atoms with van der Waals surface area (Å²) in [7, 11) is -3.73. The summed E-state index contributed by atoms with van der Waals surface area (Å²) in [6.07, 6.45) is 0.824. The van der Waals surface area contributed by atoms with E-state index in [-0.39, 0.29) is 35.5 Å². The van der Waals surface area contributed by atoms with Crippen LogP contribution in [0.2, 0.25) is 5.02 Å². The molecule has 9 heteroatoms. The number of piperidine rings is 1. The molecule has 0 aromatic heterocycles. The van der Waals surface area contributed by atoms with Gasteiger partial charge in [0.25, 0.3) is 0 Å². The van der Waals surface area contributed by atoms with Crippen molar-refractivity contribution in [1.29, 1.82) is 0 Å². The molecule has 0 atom stereocenters. The summed E-state index contributed by atoms with van der Waals surface area (Å²) < 4.78 is 46.2. The lowest BCUT2D eigenvalue weighted by Gasteiger charge is -2.30. The number of amides is 1. The molecule has 31 heavy (non-hydrogen) atoms. The van der Waals surface area contributed by atoms with E-state index in [0.29, 0.717) is 26.0 Å². The van der Waals surface area contributed by atoms with Gasteiger partial charge in [-0.05, 0) is 49.6 Å². The maximum atomic E-state index is 14.0. The number of halogens is 2. The van der Waals surface area contributed by atoms with Crippen molar-refractivity contribution in [2.45, 2.75) is 32.1 Å². The molecule has 1 heterocycles. The summed E-state index contributed by atoms with van der Waals surface area (Å²) in [5, 5.41) is 3.01. The molecule has 1 aliphatic rings. The molecule has 1 N–H and O–H groups in total. The molecule has 1 fully saturated rings. The van der Waals surface area contributed by atoms with E-state index in [2.05, 4.69) is 5.32 Å². The lowest BCUT2D eigenvalue weighted by atomic mass is 9.97. The molecular weight excluding hydrogens is 443 g/mol. The van der Waals surface area contributed by atoms with Gasteiger partial charge >= 0.3 is 0 Å². The highest BCUT2D eigenvalue weighted by Crippen LogP contribution is 2.26. The van der Waals surface area contributed by atoms with Gasteiger partial charge in [0.2, 0.25) is 15.9 Å². The van der Waals surface area contributed by atoms with Crippen molar-refractivity contribution in [3.63, 3.8) is 0 Å². The Balaban J connectivity index is 1.52. The number of benzene rings is 2. The van der Waals surface area contributed by atoms with E-state index < -0.39 is 21.6 Å². The van der Waals surface area contributed by atoms with Crippen LogP contribution in [0.4, 0.5) is 4.39 Å². The topological polar surface area (TPSA) is 75.7 Å². The van der Waals surface area contributed by atoms with Crippen molar-refractivity contribution < 1.29 is 22.3 Å². The Morgan fingerprint density at radius 2 is 1.94 bits per heavy atom. The van der Waals surface area contributed by atoms with E-state index in [1.807, 2.05) is 31.2 Å². The number of rotatable bonds is 8. The maximum Gasteiger partial charge on any atom is 0.223 e. The van der Waals surface area contributed by atoms with Crippen LogP contribution in [0.15, 0.2) is 42.5 Å². The third-order valence-electron chi connectivity index (χ3n) is 5.28. The number of carbonyl (C=O) groups excluding carboxylic acids is 1. The molecule has 0 spiro atoms.